The number of hydrogen-bond donors (Lipinski definition) is 0. The number of halogens is 2. The van der Waals surface area contributed by atoms with E-state index in [1.165, 1.54) is 18.3 Å². The number of rotatable bonds is 2. The Morgan fingerprint density at radius 1 is 1.25 bits per heavy atom. The van der Waals surface area contributed by atoms with Crippen molar-refractivity contribution in [3.05, 3.63) is 53.1 Å². The summed E-state index contributed by atoms with van der Waals surface area (Å²) in [6.07, 6.45) is 1.50. The molecule has 0 bridgehead atoms. The molecule has 0 unspecified atom stereocenters. The first-order valence-electron chi connectivity index (χ1n) is 4.71. The molecular weight excluding hydrogens is 229 g/mol. The third kappa shape index (κ3) is 2.49. The molecule has 0 amide bonds. The van der Waals surface area contributed by atoms with Crippen LogP contribution in [0.2, 0.25) is 5.15 Å². The van der Waals surface area contributed by atoms with Crippen molar-refractivity contribution in [3.8, 4) is 11.5 Å². The highest BCUT2D eigenvalue weighted by Gasteiger charge is 2.02. The van der Waals surface area contributed by atoms with Crippen molar-refractivity contribution < 1.29 is 9.13 Å². The zero-order valence-corrected chi connectivity index (χ0v) is 9.33. The molecule has 1 aromatic heterocycles. The van der Waals surface area contributed by atoms with Crippen molar-refractivity contribution in [1.82, 2.24) is 4.98 Å². The lowest BCUT2D eigenvalue weighted by molar-refractivity contribution is 0.474. The van der Waals surface area contributed by atoms with Crippen LogP contribution in [-0.4, -0.2) is 4.98 Å². The van der Waals surface area contributed by atoms with Gasteiger partial charge in [0.2, 0.25) is 0 Å². The second-order valence-corrected chi connectivity index (χ2v) is 3.70. The van der Waals surface area contributed by atoms with Gasteiger partial charge in [0.05, 0.1) is 6.20 Å². The van der Waals surface area contributed by atoms with Gasteiger partial charge in [-0.05, 0) is 30.7 Å². The molecule has 2 nitrogen and oxygen atoms in total. The number of pyridine rings is 1. The van der Waals surface area contributed by atoms with Crippen LogP contribution in [0.25, 0.3) is 0 Å². The number of aromatic nitrogens is 1. The molecule has 2 aromatic rings. The molecule has 16 heavy (non-hydrogen) atoms. The highest BCUT2D eigenvalue weighted by Crippen LogP contribution is 2.24. The van der Waals surface area contributed by atoms with E-state index in [9.17, 15) is 4.39 Å². The quantitative estimate of drug-likeness (QED) is 0.738. The van der Waals surface area contributed by atoms with E-state index >= 15 is 0 Å². The Morgan fingerprint density at radius 3 is 2.75 bits per heavy atom. The molecule has 0 atom stereocenters. The standard InChI is InChI=1S/C12H9ClFNO/c1-8-5-11(7-15-12(8)13)16-10-4-2-3-9(14)6-10/h2-7H,1H3. The predicted molar refractivity (Wildman–Crippen MR) is 60.5 cm³/mol. The average molecular weight is 238 g/mol. The zero-order valence-electron chi connectivity index (χ0n) is 8.58. The second kappa shape index (κ2) is 4.49. The molecule has 82 valence electrons. The first kappa shape index (κ1) is 10.9. The van der Waals surface area contributed by atoms with Crippen LogP contribution in [0.4, 0.5) is 4.39 Å². The van der Waals surface area contributed by atoms with Gasteiger partial charge in [-0.25, -0.2) is 9.37 Å². The lowest BCUT2D eigenvalue weighted by atomic mass is 10.3. The van der Waals surface area contributed by atoms with Crippen LogP contribution in [-0.2, 0) is 0 Å². The number of ether oxygens (including phenoxy) is 1. The summed E-state index contributed by atoms with van der Waals surface area (Å²) in [6, 6.07) is 7.68. The van der Waals surface area contributed by atoms with Gasteiger partial charge in [-0.15, -0.1) is 0 Å². The van der Waals surface area contributed by atoms with Crippen molar-refractivity contribution in [2.45, 2.75) is 6.92 Å². The van der Waals surface area contributed by atoms with E-state index in [2.05, 4.69) is 4.98 Å². The van der Waals surface area contributed by atoms with Gasteiger partial charge in [0.1, 0.15) is 22.5 Å². The maximum absolute atomic E-state index is 12.9. The van der Waals surface area contributed by atoms with E-state index in [0.29, 0.717) is 16.7 Å². The van der Waals surface area contributed by atoms with Gasteiger partial charge < -0.3 is 4.74 Å². The number of nitrogens with zero attached hydrogens (tertiary/aromatic N) is 1. The number of benzene rings is 1. The summed E-state index contributed by atoms with van der Waals surface area (Å²) < 4.78 is 18.3. The summed E-state index contributed by atoms with van der Waals surface area (Å²) in [6.45, 7) is 1.83. The lowest BCUT2D eigenvalue weighted by Gasteiger charge is -2.06. The molecule has 0 aliphatic heterocycles. The van der Waals surface area contributed by atoms with E-state index in [-0.39, 0.29) is 5.82 Å². The predicted octanol–water partition coefficient (Wildman–Crippen LogP) is 3.97. The fraction of sp³-hybridized carbons (Fsp3) is 0.0833. The van der Waals surface area contributed by atoms with E-state index in [4.69, 9.17) is 16.3 Å². The van der Waals surface area contributed by atoms with Crippen molar-refractivity contribution in [3.63, 3.8) is 0 Å². The fourth-order valence-electron chi connectivity index (χ4n) is 1.25. The topological polar surface area (TPSA) is 22.1 Å². The van der Waals surface area contributed by atoms with Gasteiger partial charge >= 0.3 is 0 Å². The maximum Gasteiger partial charge on any atom is 0.146 e. The van der Waals surface area contributed by atoms with Crippen molar-refractivity contribution in [2.75, 3.05) is 0 Å². The van der Waals surface area contributed by atoms with Crippen LogP contribution >= 0.6 is 11.6 Å². The van der Waals surface area contributed by atoms with E-state index in [0.717, 1.165) is 5.56 Å². The second-order valence-electron chi connectivity index (χ2n) is 3.34. The minimum Gasteiger partial charge on any atom is -0.456 e. The molecule has 4 heteroatoms. The summed E-state index contributed by atoms with van der Waals surface area (Å²) in [5, 5.41) is 0.437. The average Bonchev–Trinajstić information content (AvgIpc) is 2.24. The van der Waals surface area contributed by atoms with E-state index < -0.39 is 0 Å². The Morgan fingerprint density at radius 2 is 2.06 bits per heavy atom. The summed E-state index contributed by atoms with van der Waals surface area (Å²) in [5.74, 6) is 0.632. The Balaban J connectivity index is 2.24. The highest BCUT2D eigenvalue weighted by atomic mass is 35.5. The maximum atomic E-state index is 12.9. The normalized spacial score (nSPS) is 10.2. The van der Waals surface area contributed by atoms with Gasteiger partial charge in [0, 0.05) is 6.07 Å². The summed E-state index contributed by atoms with van der Waals surface area (Å²) in [4.78, 5) is 3.94. The molecule has 1 heterocycles. The Hall–Kier alpha value is -1.61. The minimum absolute atomic E-state index is 0.337. The highest BCUT2D eigenvalue weighted by molar-refractivity contribution is 6.30. The van der Waals surface area contributed by atoms with Crippen LogP contribution in [0.5, 0.6) is 11.5 Å². The van der Waals surface area contributed by atoms with Crippen LogP contribution in [0.3, 0.4) is 0 Å². The third-order valence-corrected chi connectivity index (χ3v) is 2.42. The van der Waals surface area contributed by atoms with Crippen LogP contribution in [0.1, 0.15) is 5.56 Å². The number of aryl methyl sites for hydroxylation is 1. The molecule has 0 radical (unpaired) electrons. The molecule has 0 saturated carbocycles. The molecule has 0 saturated heterocycles. The Kier molecular flexibility index (Phi) is 3.06. The first-order chi connectivity index (χ1) is 7.65. The molecular formula is C12H9ClFNO. The van der Waals surface area contributed by atoms with Crippen molar-refractivity contribution >= 4 is 11.6 Å². The summed E-state index contributed by atoms with van der Waals surface area (Å²) in [5.41, 5.74) is 0.815. The van der Waals surface area contributed by atoms with Gasteiger partial charge in [0.15, 0.2) is 0 Å². The summed E-state index contributed by atoms with van der Waals surface area (Å²) >= 11 is 5.78. The van der Waals surface area contributed by atoms with Crippen molar-refractivity contribution in [2.24, 2.45) is 0 Å². The Labute approximate surface area is 97.7 Å². The molecule has 0 fully saturated rings. The van der Waals surface area contributed by atoms with Crippen LogP contribution in [0, 0.1) is 12.7 Å². The van der Waals surface area contributed by atoms with Crippen LogP contribution < -0.4 is 4.74 Å². The molecule has 2 rings (SSSR count). The van der Waals surface area contributed by atoms with Gasteiger partial charge in [-0.3, -0.25) is 0 Å². The molecule has 0 N–H and O–H groups in total. The zero-order chi connectivity index (χ0) is 11.5. The van der Waals surface area contributed by atoms with Gasteiger partial charge in [0.25, 0.3) is 0 Å². The molecule has 0 aliphatic rings. The van der Waals surface area contributed by atoms with Crippen molar-refractivity contribution in [1.29, 1.82) is 0 Å². The smallest absolute Gasteiger partial charge is 0.146 e. The summed E-state index contributed by atoms with van der Waals surface area (Å²) in [7, 11) is 0. The van der Waals surface area contributed by atoms with Crippen LogP contribution in [0.15, 0.2) is 36.5 Å². The van der Waals surface area contributed by atoms with Gasteiger partial charge in [-0.1, -0.05) is 17.7 Å². The number of hydrogen-bond acceptors (Lipinski definition) is 2. The van der Waals surface area contributed by atoms with E-state index in [1.807, 2.05) is 6.92 Å². The lowest BCUT2D eigenvalue weighted by Crippen LogP contribution is -1.88. The fourth-order valence-corrected chi connectivity index (χ4v) is 1.36. The minimum atomic E-state index is -0.337. The molecule has 1 aromatic carbocycles. The largest absolute Gasteiger partial charge is 0.456 e. The third-order valence-electron chi connectivity index (χ3n) is 2.02. The SMILES string of the molecule is Cc1cc(Oc2cccc(F)c2)cnc1Cl. The monoisotopic (exact) mass is 237 g/mol. The molecule has 0 aliphatic carbocycles. The van der Waals surface area contributed by atoms with E-state index in [1.54, 1.807) is 18.2 Å². The first-order valence-corrected chi connectivity index (χ1v) is 5.08. The molecule has 0 spiro atoms. The Bertz CT molecular complexity index is 516. The van der Waals surface area contributed by atoms with Gasteiger partial charge in [-0.2, -0.15) is 0 Å².